The zero-order chi connectivity index (χ0) is 13.9. The van der Waals surface area contributed by atoms with Crippen LogP contribution in [0.25, 0.3) is 21.3 Å². The van der Waals surface area contributed by atoms with Gasteiger partial charge in [-0.1, -0.05) is 30.3 Å². The lowest BCUT2D eigenvalue weighted by molar-refractivity contribution is 0.304. The number of likely N-dealkylation sites (N-methyl/N-ethyl adjacent to an activating group) is 1. The number of nitrogens with zero attached hydrogens (tertiary/aromatic N) is 3. The van der Waals surface area contributed by atoms with Crippen LogP contribution in [0, 0.1) is 0 Å². The van der Waals surface area contributed by atoms with E-state index in [4.69, 9.17) is 5.11 Å². The van der Waals surface area contributed by atoms with E-state index in [1.165, 1.54) is 0 Å². The average Bonchev–Trinajstić information content (AvgIpc) is 2.92. The quantitative estimate of drug-likeness (QED) is 0.801. The van der Waals surface area contributed by atoms with Crippen molar-refractivity contribution in [3.8, 4) is 11.1 Å². The largest absolute Gasteiger partial charge is 0.395 e. The minimum absolute atomic E-state index is 0.104. The van der Waals surface area contributed by atoms with Gasteiger partial charge in [0.25, 0.3) is 0 Å². The van der Waals surface area contributed by atoms with E-state index in [2.05, 4.69) is 27.5 Å². The fraction of sp³-hybridized carbons (Fsp3) is 0.200. The number of aromatic nitrogens is 2. The third kappa shape index (κ3) is 2.26. The molecule has 0 aliphatic rings. The van der Waals surface area contributed by atoms with Gasteiger partial charge >= 0.3 is 0 Å². The van der Waals surface area contributed by atoms with Crippen LogP contribution in [-0.2, 0) is 0 Å². The van der Waals surface area contributed by atoms with Gasteiger partial charge in [-0.25, -0.2) is 9.97 Å². The number of hydrogen-bond donors (Lipinski definition) is 1. The van der Waals surface area contributed by atoms with Gasteiger partial charge in [0, 0.05) is 24.5 Å². The molecule has 2 heterocycles. The summed E-state index contributed by atoms with van der Waals surface area (Å²) in [6.07, 6.45) is 1.58. The van der Waals surface area contributed by atoms with Crippen LogP contribution in [0.3, 0.4) is 0 Å². The summed E-state index contributed by atoms with van der Waals surface area (Å²) in [5.74, 6) is 0.865. The lowest BCUT2D eigenvalue weighted by atomic mass is 10.1. The number of hydrogen-bond acceptors (Lipinski definition) is 5. The van der Waals surface area contributed by atoms with E-state index < -0.39 is 0 Å². The van der Waals surface area contributed by atoms with Gasteiger partial charge in [0.05, 0.1) is 12.0 Å². The maximum Gasteiger partial charge on any atom is 0.141 e. The number of anilines is 1. The second kappa shape index (κ2) is 5.56. The molecule has 4 nitrogen and oxygen atoms in total. The maximum absolute atomic E-state index is 9.12. The van der Waals surface area contributed by atoms with Crippen LogP contribution in [-0.4, -0.2) is 35.3 Å². The van der Waals surface area contributed by atoms with Crippen LogP contribution < -0.4 is 4.90 Å². The Morgan fingerprint density at radius 2 is 2.00 bits per heavy atom. The first kappa shape index (κ1) is 13.0. The van der Waals surface area contributed by atoms with Gasteiger partial charge in [-0.15, -0.1) is 11.3 Å². The smallest absolute Gasteiger partial charge is 0.141 e. The molecular weight excluding hydrogens is 270 g/mol. The molecule has 0 bridgehead atoms. The van der Waals surface area contributed by atoms with Crippen LogP contribution in [0.5, 0.6) is 0 Å². The molecule has 20 heavy (non-hydrogen) atoms. The van der Waals surface area contributed by atoms with E-state index in [1.807, 2.05) is 30.1 Å². The topological polar surface area (TPSA) is 49.2 Å². The molecule has 102 valence electrons. The van der Waals surface area contributed by atoms with Crippen molar-refractivity contribution in [2.24, 2.45) is 0 Å². The number of aliphatic hydroxyl groups is 1. The molecule has 0 radical (unpaired) electrons. The Hall–Kier alpha value is -1.98. The molecule has 0 spiro atoms. The molecule has 0 saturated heterocycles. The highest BCUT2D eigenvalue weighted by atomic mass is 32.1. The number of aliphatic hydroxyl groups excluding tert-OH is 1. The maximum atomic E-state index is 9.12. The fourth-order valence-corrected chi connectivity index (χ4v) is 3.15. The highest BCUT2D eigenvalue weighted by Crippen LogP contribution is 2.37. The summed E-state index contributed by atoms with van der Waals surface area (Å²) >= 11 is 1.62. The van der Waals surface area contributed by atoms with E-state index in [0.717, 1.165) is 27.2 Å². The summed E-state index contributed by atoms with van der Waals surface area (Å²) in [5.41, 5.74) is 2.30. The van der Waals surface area contributed by atoms with Crippen molar-refractivity contribution in [3.05, 3.63) is 42.0 Å². The standard InChI is InChI=1S/C15H15N3OS/c1-18(7-8-19)14-13-12(11-5-3-2-4-6-11)9-20-15(13)17-10-16-14/h2-6,9-10,19H,7-8H2,1H3. The predicted molar refractivity (Wildman–Crippen MR) is 83.2 cm³/mol. The minimum atomic E-state index is 0.104. The summed E-state index contributed by atoms with van der Waals surface area (Å²) in [4.78, 5) is 11.7. The molecule has 3 rings (SSSR count). The molecule has 0 atom stereocenters. The van der Waals surface area contributed by atoms with Crippen LogP contribution in [0.1, 0.15) is 0 Å². The second-order valence-electron chi connectivity index (χ2n) is 4.54. The first-order chi connectivity index (χ1) is 9.81. The molecule has 1 aromatic carbocycles. The van der Waals surface area contributed by atoms with Crippen molar-refractivity contribution in [1.82, 2.24) is 9.97 Å². The van der Waals surface area contributed by atoms with E-state index in [9.17, 15) is 0 Å². The molecule has 0 unspecified atom stereocenters. The van der Waals surface area contributed by atoms with Crippen LogP contribution >= 0.6 is 11.3 Å². The molecule has 0 amide bonds. The van der Waals surface area contributed by atoms with Crippen molar-refractivity contribution >= 4 is 27.4 Å². The first-order valence-corrected chi connectivity index (χ1v) is 7.29. The fourth-order valence-electron chi connectivity index (χ4n) is 2.23. The van der Waals surface area contributed by atoms with Crippen LogP contribution in [0.4, 0.5) is 5.82 Å². The van der Waals surface area contributed by atoms with Crippen molar-refractivity contribution in [2.45, 2.75) is 0 Å². The van der Waals surface area contributed by atoms with Gasteiger partial charge < -0.3 is 10.0 Å². The average molecular weight is 285 g/mol. The Kier molecular flexibility index (Phi) is 3.62. The highest BCUT2D eigenvalue weighted by molar-refractivity contribution is 7.17. The molecule has 0 saturated carbocycles. The lowest BCUT2D eigenvalue weighted by Crippen LogP contribution is -2.22. The Balaban J connectivity index is 2.20. The summed E-state index contributed by atoms with van der Waals surface area (Å²) in [7, 11) is 1.93. The number of rotatable bonds is 4. The van der Waals surface area contributed by atoms with E-state index >= 15 is 0 Å². The van der Waals surface area contributed by atoms with Gasteiger partial charge in [-0.2, -0.15) is 0 Å². The zero-order valence-corrected chi connectivity index (χ0v) is 12.0. The van der Waals surface area contributed by atoms with Crippen LogP contribution in [0.15, 0.2) is 42.0 Å². The Labute approximate surface area is 121 Å². The molecular formula is C15H15N3OS. The van der Waals surface area contributed by atoms with Crippen LogP contribution in [0.2, 0.25) is 0 Å². The lowest BCUT2D eigenvalue weighted by Gasteiger charge is -2.18. The summed E-state index contributed by atoms with van der Waals surface area (Å²) in [6.45, 7) is 0.656. The van der Waals surface area contributed by atoms with E-state index in [0.29, 0.717) is 6.54 Å². The minimum Gasteiger partial charge on any atom is -0.395 e. The van der Waals surface area contributed by atoms with E-state index in [1.54, 1.807) is 17.7 Å². The highest BCUT2D eigenvalue weighted by Gasteiger charge is 2.15. The van der Waals surface area contributed by atoms with Crippen molar-refractivity contribution in [3.63, 3.8) is 0 Å². The first-order valence-electron chi connectivity index (χ1n) is 6.41. The van der Waals surface area contributed by atoms with Gasteiger partial charge in [0.2, 0.25) is 0 Å². The number of fused-ring (bicyclic) bond motifs is 1. The monoisotopic (exact) mass is 285 g/mol. The molecule has 0 aliphatic carbocycles. The molecule has 5 heteroatoms. The SMILES string of the molecule is CN(CCO)c1ncnc2scc(-c3ccccc3)c12. The molecule has 1 N–H and O–H groups in total. The predicted octanol–water partition coefficient (Wildman–Crippen LogP) is 2.79. The molecule has 0 aliphatic heterocycles. The van der Waals surface area contributed by atoms with Gasteiger partial charge in [-0.05, 0) is 5.56 Å². The molecule has 0 fully saturated rings. The van der Waals surface area contributed by atoms with Crippen molar-refractivity contribution in [1.29, 1.82) is 0 Å². The summed E-state index contributed by atoms with van der Waals surface area (Å²) in [6, 6.07) is 10.2. The third-order valence-electron chi connectivity index (χ3n) is 3.23. The van der Waals surface area contributed by atoms with Crippen molar-refractivity contribution in [2.75, 3.05) is 25.1 Å². The second-order valence-corrected chi connectivity index (χ2v) is 5.40. The van der Waals surface area contributed by atoms with Crippen molar-refractivity contribution < 1.29 is 5.11 Å². The number of thiophene rings is 1. The normalized spacial score (nSPS) is 10.9. The zero-order valence-electron chi connectivity index (χ0n) is 11.2. The van der Waals surface area contributed by atoms with Gasteiger partial charge in [-0.3, -0.25) is 0 Å². The summed E-state index contributed by atoms with van der Waals surface area (Å²) in [5, 5.41) is 12.3. The van der Waals surface area contributed by atoms with Gasteiger partial charge in [0.1, 0.15) is 17.0 Å². The molecule has 2 aromatic heterocycles. The Morgan fingerprint density at radius 3 is 2.75 bits per heavy atom. The summed E-state index contributed by atoms with van der Waals surface area (Å²) < 4.78 is 0. The van der Waals surface area contributed by atoms with Gasteiger partial charge in [0.15, 0.2) is 0 Å². The molecule has 3 aromatic rings. The third-order valence-corrected chi connectivity index (χ3v) is 4.12. The Bertz CT molecular complexity index is 711. The Morgan fingerprint density at radius 1 is 1.20 bits per heavy atom. The van der Waals surface area contributed by atoms with E-state index in [-0.39, 0.29) is 6.61 Å². The number of benzene rings is 1.